The number of aromatic carboxylic acids is 1. The second-order valence-electron chi connectivity index (χ2n) is 4.06. The maximum absolute atomic E-state index is 11.9. The molecule has 102 valence electrons. The minimum absolute atomic E-state index is 0.0333. The maximum Gasteiger partial charge on any atom is 0.335 e. The van der Waals surface area contributed by atoms with Crippen LogP contribution in [0.5, 0.6) is 11.5 Å². The third kappa shape index (κ3) is 3.14. The predicted molar refractivity (Wildman–Crippen MR) is 71.3 cm³/mol. The number of ketones is 1. The molecule has 0 aliphatic rings. The van der Waals surface area contributed by atoms with Gasteiger partial charge in [0.15, 0.2) is 6.61 Å². The lowest BCUT2D eigenvalue weighted by Gasteiger charge is -2.07. The first-order valence-corrected chi connectivity index (χ1v) is 5.85. The number of carbonyl (C=O) groups is 2. The van der Waals surface area contributed by atoms with Crippen molar-refractivity contribution >= 4 is 11.8 Å². The summed E-state index contributed by atoms with van der Waals surface area (Å²) in [6, 6.07) is 12.4. The summed E-state index contributed by atoms with van der Waals surface area (Å²) < 4.78 is 5.28. The summed E-state index contributed by atoms with van der Waals surface area (Å²) in [4.78, 5) is 22.6. The topological polar surface area (TPSA) is 83.8 Å². The van der Waals surface area contributed by atoms with Gasteiger partial charge in [0.2, 0.25) is 5.78 Å². The summed E-state index contributed by atoms with van der Waals surface area (Å²) in [5.74, 6) is -1.42. The largest absolute Gasteiger partial charge is 0.507 e. The van der Waals surface area contributed by atoms with Gasteiger partial charge in [-0.1, -0.05) is 18.2 Å². The Morgan fingerprint density at radius 2 is 1.75 bits per heavy atom. The molecule has 0 fully saturated rings. The quantitative estimate of drug-likeness (QED) is 0.816. The Hall–Kier alpha value is -2.82. The van der Waals surface area contributed by atoms with Crippen LogP contribution in [0.15, 0.2) is 48.5 Å². The monoisotopic (exact) mass is 272 g/mol. The van der Waals surface area contributed by atoms with Crippen molar-refractivity contribution in [3.63, 3.8) is 0 Å². The first-order valence-electron chi connectivity index (χ1n) is 5.85. The fourth-order valence-electron chi connectivity index (χ4n) is 1.64. The molecule has 5 nitrogen and oxygen atoms in total. The van der Waals surface area contributed by atoms with Gasteiger partial charge in [0, 0.05) is 0 Å². The molecule has 0 radical (unpaired) electrons. The molecule has 0 heterocycles. The summed E-state index contributed by atoms with van der Waals surface area (Å²) in [6.45, 7) is -0.232. The highest BCUT2D eigenvalue weighted by molar-refractivity contribution is 6.01. The van der Waals surface area contributed by atoms with Crippen molar-refractivity contribution in [3.05, 3.63) is 59.7 Å². The van der Waals surface area contributed by atoms with E-state index in [0.29, 0.717) is 5.75 Å². The maximum atomic E-state index is 11.9. The molecule has 0 bridgehead atoms. The Balaban J connectivity index is 2.08. The van der Waals surface area contributed by atoms with Crippen LogP contribution in [0.4, 0.5) is 0 Å². The molecule has 2 aromatic carbocycles. The summed E-state index contributed by atoms with van der Waals surface area (Å²) in [5.41, 5.74) is -0.0473. The number of para-hydroxylation sites is 1. The number of ether oxygens (including phenoxy) is 1. The summed E-state index contributed by atoms with van der Waals surface area (Å²) in [7, 11) is 0. The molecule has 0 aliphatic carbocycles. The minimum Gasteiger partial charge on any atom is -0.507 e. The zero-order valence-corrected chi connectivity index (χ0v) is 10.4. The Morgan fingerprint density at radius 1 is 1.05 bits per heavy atom. The molecule has 5 heteroatoms. The second-order valence-corrected chi connectivity index (χ2v) is 4.06. The van der Waals surface area contributed by atoms with Crippen molar-refractivity contribution in [2.75, 3.05) is 6.61 Å². The van der Waals surface area contributed by atoms with Gasteiger partial charge < -0.3 is 14.9 Å². The van der Waals surface area contributed by atoms with Crippen molar-refractivity contribution in [2.24, 2.45) is 0 Å². The molecular formula is C15H12O5. The highest BCUT2D eigenvalue weighted by Gasteiger charge is 2.14. The average Bonchev–Trinajstić information content (AvgIpc) is 2.45. The van der Waals surface area contributed by atoms with Gasteiger partial charge in [0.05, 0.1) is 11.1 Å². The Morgan fingerprint density at radius 3 is 2.35 bits per heavy atom. The number of aromatic hydroxyl groups is 1. The van der Waals surface area contributed by atoms with Crippen LogP contribution in [0.1, 0.15) is 20.7 Å². The van der Waals surface area contributed by atoms with E-state index in [9.17, 15) is 14.7 Å². The van der Waals surface area contributed by atoms with Gasteiger partial charge in [-0.3, -0.25) is 4.79 Å². The van der Waals surface area contributed by atoms with E-state index in [2.05, 4.69) is 0 Å². The Kier molecular flexibility index (Phi) is 4.00. The third-order valence-corrected chi connectivity index (χ3v) is 2.66. The lowest BCUT2D eigenvalue weighted by Crippen LogP contribution is -2.12. The van der Waals surface area contributed by atoms with Crippen molar-refractivity contribution in [2.45, 2.75) is 0 Å². The lowest BCUT2D eigenvalue weighted by atomic mass is 10.1. The lowest BCUT2D eigenvalue weighted by molar-refractivity contribution is 0.0695. The van der Waals surface area contributed by atoms with E-state index in [4.69, 9.17) is 9.84 Å². The van der Waals surface area contributed by atoms with E-state index in [1.807, 2.05) is 6.07 Å². The number of hydrogen-bond donors (Lipinski definition) is 2. The van der Waals surface area contributed by atoms with Crippen molar-refractivity contribution in [1.29, 1.82) is 0 Å². The van der Waals surface area contributed by atoms with Crippen molar-refractivity contribution < 1.29 is 24.5 Å². The number of benzene rings is 2. The fraction of sp³-hybridized carbons (Fsp3) is 0.0667. The molecule has 20 heavy (non-hydrogen) atoms. The number of Topliss-reactive ketones (excluding diaryl/α,β-unsaturated/α-hetero) is 1. The third-order valence-electron chi connectivity index (χ3n) is 2.66. The molecule has 0 aliphatic heterocycles. The SMILES string of the molecule is O=C(O)c1ccc(C(=O)COc2ccccc2)c(O)c1. The van der Waals surface area contributed by atoms with E-state index in [-0.39, 0.29) is 23.5 Å². The fourth-order valence-corrected chi connectivity index (χ4v) is 1.64. The van der Waals surface area contributed by atoms with E-state index in [1.54, 1.807) is 24.3 Å². The molecule has 0 amide bonds. The van der Waals surface area contributed by atoms with Crippen LogP contribution < -0.4 is 4.74 Å². The normalized spacial score (nSPS) is 10.0. The van der Waals surface area contributed by atoms with Crippen LogP contribution in [0.25, 0.3) is 0 Å². The van der Waals surface area contributed by atoms with Gasteiger partial charge in [-0.15, -0.1) is 0 Å². The van der Waals surface area contributed by atoms with Gasteiger partial charge in [-0.25, -0.2) is 4.79 Å². The van der Waals surface area contributed by atoms with Crippen molar-refractivity contribution in [1.82, 2.24) is 0 Å². The predicted octanol–water partition coefficient (Wildman–Crippen LogP) is 2.35. The zero-order valence-electron chi connectivity index (χ0n) is 10.4. The Bertz CT molecular complexity index is 634. The van der Waals surface area contributed by atoms with Crippen LogP contribution in [-0.2, 0) is 0 Å². The molecular weight excluding hydrogens is 260 g/mol. The molecule has 0 saturated carbocycles. The average molecular weight is 272 g/mol. The smallest absolute Gasteiger partial charge is 0.335 e. The van der Waals surface area contributed by atoms with Crippen molar-refractivity contribution in [3.8, 4) is 11.5 Å². The van der Waals surface area contributed by atoms with Gasteiger partial charge in [0.1, 0.15) is 11.5 Å². The first kappa shape index (κ1) is 13.6. The van der Waals surface area contributed by atoms with E-state index in [1.165, 1.54) is 12.1 Å². The first-order chi connectivity index (χ1) is 9.58. The van der Waals surface area contributed by atoms with Crippen LogP contribution in [0.3, 0.4) is 0 Å². The summed E-state index contributed by atoms with van der Waals surface area (Å²) in [6.07, 6.45) is 0. The van der Waals surface area contributed by atoms with Crippen LogP contribution in [0.2, 0.25) is 0 Å². The van der Waals surface area contributed by atoms with E-state index >= 15 is 0 Å². The highest BCUT2D eigenvalue weighted by Crippen LogP contribution is 2.20. The number of carbonyl (C=O) groups excluding carboxylic acids is 1. The number of rotatable bonds is 5. The molecule has 2 N–H and O–H groups in total. The molecule has 2 aromatic rings. The molecule has 0 unspecified atom stereocenters. The Labute approximate surface area is 115 Å². The molecule has 0 atom stereocenters. The summed E-state index contributed by atoms with van der Waals surface area (Å²) in [5, 5.41) is 18.4. The number of phenolic OH excluding ortho intramolecular Hbond substituents is 1. The summed E-state index contributed by atoms with van der Waals surface area (Å²) >= 11 is 0. The molecule has 2 rings (SSSR count). The number of carboxylic acid groups (broad SMARTS) is 1. The van der Waals surface area contributed by atoms with Gasteiger partial charge >= 0.3 is 5.97 Å². The van der Waals surface area contributed by atoms with Crippen LogP contribution in [-0.4, -0.2) is 28.6 Å². The van der Waals surface area contributed by atoms with Crippen LogP contribution in [0, 0.1) is 0 Å². The minimum atomic E-state index is -1.17. The molecule has 0 aromatic heterocycles. The van der Waals surface area contributed by atoms with E-state index in [0.717, 1.165) is 6.07 Å². The molecule has 0 spiro atoms. The van der Waals surface area contributed by atoms with Crippen LogP contribution >= 0.6 is 0 Å². The van der Waals surface area contributed by atoms with E-state index < -0.39 is 11.8 Å². The number of phenols is 1. The number of hydrogen-bond acceptors (Lipinski definition) is 4. The zero-order chi connectivity index (χ0) is 14.5. The van der Waals surface area contributed by atoms with Gasteiger partial charge in [0.25, 0.3) is 0 Å². The van der Waals surface area contributed by atoms with Gasteiger partial charge in [-0.2, -0.15) is 0 Å². The standard InChI is InChI=1S/C15H12O5/c16-13-8-10(15(18)19)6-7-12(13)14(17)9-20-11-4-2-1-3-5-11/h1-8,16H,9H2,(H,18,19). The number of carboxylic acids is 1. The van der Waals surface area contributed by atoms with Gasteiger partial charge in [-0.05, 0) is 30.3 Å². The highest BCUT2D eigenvalue weighted by atomic mass is 16.5. The second kappa shape index (κ2) is 5.88. The molecule has 0 saturated heterocycles.